The van der Waals surface area contributed by atoms with E-state index in [1.807, 2.05) is 25.7 Å². The third-order valence-electron chi connectivity index (χ3n) is 2.76. The predicted molar refractivity (Wildman–Crippen MR) is 68.9 cm³/mol. The zero-order valence-electron chi connectivity index (χ0n) is 11.3. The molecule has 0 atom stereocenters. The van der Waals surface area contributed by atoms with Crippen molar-refractivity contribution < 1.29 is 13.2 Å². The van der Waals surface area contributed by atoms with Crippen molar-refractivity contribution in [2.75, 3.05) is 18.0 Å². The van der Waals surface area contributed by atoms with Crippen LogP contribution in [0.3, 0.4) is 0 Å². The van der Waals surface area contributed by atoms with Crippen LogP contribution in [0.15, 0.2) is 18.2 Å². The number of anilines is 1. The molecular weight excluding hydrogens is 253 g/mol. The summed E-state index contributed by atoms with van der Waals surface area (Å²) in [6, 6.07) is 5.45. The molecular formula is C14H17F3N2. The third-order valence-corrected chi connectivity index (χ3v) is 2.76. The minimum atomic E-state index is -4.50. The highest BCUT2D eigenvalue weighted by molar-refractivity contribution is 5.54. The number of benzene rings is 1. The van der Waals surface area contributed by atoms with Gasteiger partial charge in [0.15, 0.2) is 0 Å². The lowest BCUT2D eigenvalue weighted by molar-refractivity contribution is -0.137. The van der Waals surface area contributed by atoms with Gasteiger partial charge in [-0.15, -0.1) is 0 Å². The van der Waals surface area contributed by atoms with Gasteiger partial charge < -0.3 is 4.90 Å². The normalized spacial score (nSPS) is 11.5. The van der Waals surface area contributed by atoms with Crippen molar-refractivity contribution in [2.45, 2.75) is 26.9 Å². The molecule has 0 aliphatic heterocycles. The lowest BCUT2D eigenvalue weighted by Gasteiger charge is -2.26. The Kier molecular flexibility index (Phi) is 4.82. The van der Waals surface area contributed by atoms with Gasteiger partial charge in [0.05, 0.1) is 17.2 Å². The van der Waals surface area contributed by atoms with Crippen LogP contribution in [0.2, 0.25) is 0 Å². The SMILES string of the molecule is CCN(CC(C)C)c1ccc(C#N)c(C(F)(F)F)c1. The summed E-state index contributed by atoms with van der Waals surface area (Å²) in [6.45, 7) is 7.23. The maximum Gasteiger partial charge on any atom is 0.417 e. The average molecular weight is 270 g/mol. The first-order chi connectivity index (χ1) is 8.79. The van der Waals surface area contributed by atoms with Gasteiger partial charge in [-0.25, -0.2) is 0 Å². The molecule has 0 saturated carbocycles. The van der Waals surface area contributed by atoms with Crippen LogP contribution in [0.1, 0.15) is 31.9 Å². The van der Waals surface area contributed by atoms with Crippen LogP contribution in [-0.4, -0.2) is 13.1 Å². The van der Waals surface area contributed by atoms with Crippen LogP contribution >= 0.6 is 0 Å². The molecule has 0 aliphatic rings. The summed E-state index contributed by atoms with van der Waals surface area (Å²) in [4.78, 5) is 1.88. The number of rotatable bonds is 4. The Morgan fingerprint density at radius 2 is 1.95 bits per heavy atom. The molecule has 0 N–H and O–H groups in total. The Bertz CT molecular complexity index is 473. The Morgan fingerprint density at radius 1 is 1.32 bits per heavy atom. The molecule has 0 bridgehead atoms. The third kappa shape index (κ3) is 3.88. The average Bonchev–Trinajstić information content (AvgIpc) is 2.34. The second-order valence-electron chi connectivity index (χ2n) is 4.77. The minimum Gasteiger partial charge on any atom is -0.372 e. The predicted octanol–water partition coefficient (Wildman–Crippen LogP) is 4.06. The maximum absolute atomic E-state index is 12.9. The fraction of sp³-hybridized carbons (Fsp3) is 0.500. The number of hydrogen-bond donors (Lipinski definition) is 0. The van der Waals surface area contributed by atoms with E-state index in [2.05, 4.69) is 0 Å². The van der Waals surface area contributed by atoms with Crippen molar-refractivity contribution in [1.29, 1.82) is 5.26 Å². The van der Waals surface area contributed by atoms with Crippen molar-refractivity contribution in [3.05, 3.63) is 29.3 Å². The lowest BCUT2D eigenvalue weighted by Crippen LogP contribution is -2.27. The van der Waals surface area contributed by atoms with Gasteiger partial charge in [0.1, 0.15) is 0 Å². The van der Waals surface area contributed by atoms with Gasteiger partial charge in [-0.05, 0) is 31.0 Å². The zero-order valence-corrected chi connectivity index (χ0v) is 11.3. The number of nitriles is 1. The molecule has 2 nitrogen and oxygen atoms in total. The van der Waals surface area contributed by atoms with E-state index in [1.165, 1.54) is 6.07 Å². The summed E-state index contributed by atoms with van der Waals surface area (Å²) < 4.78 is 38.6. The summed E-state index contributed by atoms with van der Waals surface area (Å²) in [5.41, 5.74) is -0.700. The Hall–Kier alpha value is -1.70. The quantitative estimate of drug-likeness (QED) is 0.825. The summed E-state index contributed by atoms with van der Waals surface area (Å²) in [5.74, 6) is 0.352. The van der Waals surface area contributed by atoms with Gasteiger partial charge in [0, 0.05) is 18.8 Å². The van der Waals surface area contributed by atoms with E-state index in [-0.39, 0.29) is 5.56 Å². The molecule has 0 heterocycles. The molecule has 0 amide bonds. The van der Waals surface area contributed by atoms with Gasteiger partial charge in [-0.2, -0.15) is 18.4 Å². The molecule has 0 aliphatic carbocycles. The van der Waals surface area contributed by atoms with Crippen LogP contribution in [0.4, 0.5) is 18.9 Å². The maximum atomic E-state index is 12.9. The highest BCUT2D eigenvalue weighted by Gasteiger charge is 2.34. The van der Waals surface area contributed by atoms with Crippen LogP contribution in [0, 0.1) is 17.2 Å². The van der Waals surface area contributed by atoms with Crippen molar-refractivity contribution in [3.8, 4) is 6.07 Å². The van der Waals surface area contributed by atoms with Crippen LogP contribution in [0.25, 0.3) is 0 Å². The van der Waals surface area contributed by atoms with Crippen molar-refractivity contribution >= 4 is 5.69 Å². The summed E-state index contributed by atoms with van der Waals surface area (Å²) in [7, 11) is 0. The number of nitrogens with zero attached hydrogens (tertiary/aromatic N) is 2. The van der Waals surface area contributed by atoms with Crippen LogP contribution < -0.4 is 4.90 Å². The number of hydrogen-bond acceptors (Lipinski definition) is 2. The van der Waals surface area contributed by atoms with Gasteiger partial charge in [-0.1, -0.05) is 13.8 Å². The lowest BCUT2D eigenvalue weighted by atomic mass is 10.1. The molecule has 0 radical (unpaired) electrons. The molecule has 0 saturated heterocycles. The zero-order chi connectivity index (χ0) is 14.6. The molecule has 1 rings (SSSR count). The first-order valence-electron chi connectivity index (χ1n) is 6.15. The highest BCUT2D eigenvalue weighted by atomic mass is 19.4. The molecule has 0 fully saturated rings. The molecule has 0 unspecified atom stereocenters. The van der Waals surface area contributed by atoms with E-state index in [9.17, 15) is 13.2 Å². The van der Waals surface area contributed by atoms with Gasteiger partial charge in [0.2, 0.25) is 0 Å². The fourth-order valence-electron chi connectivity index (χ4n) is 1.92. The van der Waals surface area contributed by atoms with Gasteiger partial charge >= 0.3 is 6.18 Å². The van der Waals surface area contributed by atoms with Crippen molar-refractivity contribution in [2.24, 2.45) is 5.92 Å². The van der Waals surface area contributed by atoms with E-state index in [4.69, 9.17) is 5.26 Å². The van der Waals surface area contributed by atoms with Crippen molar-refractivity contribution in [1.82, 2.24) is 0 Å². The first kappa shape index (κ1) is 15.4. The summed E-state index contributed by atoms with van der Waals surface area (Å²) >= 11 is 0. The molecule has 0 spiro atoms. The molecule has 19 heavy (non-hydrogen) atoms. The molecule has 5 heteroatoms. The fourth-order valence-corrected chi connectivity index (χ4v) is 1.92. The summed E-state index contributed by atoms with van der Waals surface area (Å²) in [5, 5.41) is 8.75. The van der Waals surface area contributed by atoms with E-state index < -0.39 is 11.7 Å². The molecule has 1 aromatic carbocycles. The molecule has 104 valence electrons. The topological polar surface area (TPSA) is 27.0 Å². The van der Waals surface area contributed by atoms with E-state index in [0.29, 0.717) is 24.7 Å². The van der Waals surface area contributed by atoms with Crippen LogP contribution in [-0.2, 0) is 6.18 Å². The van der Waals surface area contributed by atoms with E-state index in [0.717, 1.165) is 6.07 Å². The smallest absolute Gasteiger partial charge is 0.372 e. The largest absolute Gasteiger partial charge is 0.417 e. The standard InChI is InChI=1S/C14H17F3N2/c1-4-19(9-10(2)3)12-6-5-11(8-18)13(7-12)14(15,16)17/h5-7,10H,4,9H2,1-3H3. The summed E-state index contributed by atoms with van der Waals surface area (Å²) in [6.07, 6.45) is -4.50. The second-order valence-corrected chi connectivity index (χ2v) is 4.77. The molecule has 1 aromatic rings. The van der Waals surface area contributed by atoms with Crippen molar-refractivity contribution in [3.63, 3.8) is 0 Å². The second kappa shape index (κ2) is 5.96. The molecule has 0 aromatic heterocycles. The van der Waals surface area contributed by atoms with E-state index in [1.54, 1.807) is 12.1 Å². The first-order valence-corrected chi connectivity index (χ1v) is 6.15. The minimum absolute atomic E-state index is 0.336. The van der Waals surface area contributed by atoms with E-state index >= 15 is 0 Å². The van der Waals surface area contributed by atoms with Crippen LogP contribution in [0.5, 0.6) is 0 Å². The Morgan fingerprint density at radius 3 is 2.37 bits per heavy atom. The number of halogens is 3. The van der Waals surface area contributed by atoms with Gasteiger partial charge in [0.25, 0.3) is 0 Å². The highest BCUT2D eigenvalue weighted by Crippen LogP contribution is 2.34. The number of alkyl halides is 3. The Labute approximate surface area is 111 Å². The Balaban J connectivity index is 3.21. The monoisotopic (exact) mass is 270 g/mol. The van der Waals surface area contributed by atoms with Gasteiger partial charge in [-0.3, -0.25) is 0 Å².